The quantitative estimate of drug-likeness (QED) is 0.864. The van der Waals surface area contributed by atoms with Crippen LogP contribution in [0.5, 0.6) is 5.75 Å². The van der Waals surface area contributed by atoms with Gasteiger partial charge in [0, 0.05) is 6.54 Å². The topological polar surface area (TPSA) is 35.2 Å². The second kappa shape index (κ2) is 4.48. The van der Waals surface area contributed by atoms with Crippen LogP contribution in [0, 0.1) is 0 Å². The van der Waals surface area contributed by atoms with E-state index in [1.807, 2.05) is 25.1 Å². The van der Waals surface area contributed by atoms with Crippen molar-refractivity contribution in [1.29, 1.82) is 0 Å². The van der Waals surface area contributed by atoms with Crippen LogP contribution in [0.25, 0.3) is 0 Å². The minimum atomic E-state index is 0.561. The third-order valence-corrected chi connectivity index (χ3v) is 2.15. The average molecular weight is 230 g/mol. The van der Waals surface area contributed by atoms with Gasteiger partial charge in [0.2, 0.25) is 0 Å². The fourth-order valence-corrected chi connectivity index (χ4v) is 1.48. The summed E-state index contributed by atoms with van der Waals surface area (Å²) >= 11 is 3.41. The van der Waals surface area contributed by atoms with E-state index in [-0.39, 0.29) is 0 Å². The van der Waals surface area contributed by atoms with Gasteiger partial charge in [-0.2, -0.15) is 0 Å². The van der Waals surface area contributed by atoms with Crippen molar-refractivity contribution >= 4 is 15.9 Å². The first-order valence-corrected chi connectivity index (χ1v) is 4.68. The Balaban J connectivity index is 2.87. The van der Waals surface area contributed by atoms with Gasteiger partial charge < -0.3 is 10.5 Å². The molecule has 0 saturated carbocycles. The predicted molar refractivity (Wildman–Crippen MR) is 53.2 cm³/mol. The summed E-state index contributed by atoms with van der Waals surface area (Å²) in [7, 11) is 0. The van der Waals surface area contributed by atoms with Gasteiger partial charge in [-0.1, -0.05) is 6.07 Å². The summed E-state index contributed by atoms with van der Waals surface area (Å²) in [6.07, 6.45) is 0. The smallest absolute Gasteiger partial charge is 0.133 e. The SMILES string of the molecule is CCOc1ccc(CN)cc1Br. The maximum atomic E-state index is 5.48. The Labute approximate surface area is 80.8 Å². The Kier molecular flexibility index (Phi) is 3.56. The molecule has 1 aromatic carbocycles. The molecule has 0 aliphatic heterocycles. The lowest BCUT2D eigenvalue weighted by atomic mass is 10.2. The number of rotatable bonds is 3. The fourth-order valence-electron chi connectivity index (χ4n) is 0.944. The highest BCUT2D eigenvalue weighted by Crippen LogP contribution is 2.25. The van der Waals surface area contributed by atoms with Crippen molar-refractivity contribution in [1.82, 2.24) is 0 Å². The van der Waals surface area contributed by atoms with Gasteiger partial charge in [-0.25, -0.2) is 0 Å². The number of ether oxygens (including phenoxy) is 1. The van der Waals surface area contributed by atoms with Crippen molar-refractivity contribution in [3.63, 3.8) is 0 Å². The van der Waals surface area contributed by atoms with E-state index < -0.39 is 0 Å². The van der Waals surface area contributed by atoms with Gasteiger partial charge in [-0.15, -0.1) is 0 Å². The van der Waals surface area contributed by atoms with E-state index in [1.165, 1.54) is 0 Å². The molecule has 2 nitrogen and oxygen atoms in total. The summed E-state index contributed by atoms with van der Waals surface area (Å²) in [5, 5.41) is 0. The summed E-state index contributed by atoms with van der Waals surface area (Å²) < 4.78 is 6.31. The summed E-state index contributed by atoms with van der Waals surface area (Å²) in [4.78, 5) is 0. The van der Waals surface area contributed by atoms with Crippen LogP contribution in [0.1, 0.15) is 12.5 Å². The largest absolute Gasteiger partial charge is 0.493 e. The molecular weight excluding hydrogens is 218 g/mol. The Morgan fingerprint density at radius 1 is 1.50 bits per heavy atom. The minimum Gasteiger partial charge on any atom is -0.493 e. The van der Waals surface area contributed by atoms with Crippen LogP contribution in [-0.2, 0) is 6.54 Å². The molecule has 2 N–H and O–H groups in total. The molecule has 0 atom stereocenters. The molecule has 0 radical (unpaired) electrons. The lowest BCUT2D eigenvalue weighted by molar-refractivity contribution is 0.338. The molecule has 1 aromatic rings. The fraction of sp³-hybridized carbons (Fsp3) is 0.333. The van der Waals surface area contributed by atoms with Crippen LogP contribution < -0.4 is 10.5 Å². The normalized spacial score (nSPS) is 9.92. The molecule has 3 heteroatoms. The Morgan fingerprint density at radius 2 is 2.25 bits per heavy atom. The highest BCUT2D eigenvalue weighted by Gasteiger charge is 1.99. The maximum absolute atomic E-state index is 5.48. The van der Waals surface area contributed by atoms with Crippen LogP contribution >= 0.6 is 15.9 Å². The van der Waals surface area contributed by atoms with Crippen LogP contribution in [0.4, 0.5) is 0 Å². The molecular formula is C9H12BrNO. The van der Waals surface area contributed by atoms with Crippen molar-refractivity contribution in [2.24, 2.45) is 5.73 Å². The first kappa shape index (κ1) is 9.55. The number of halogens is 1. The van der Waals surface area contributed by atoms with Gasteiger partial charge in [0.15, 0.2) is 0 Å². The van der Waals surface area contributed by atoms with Crippen LogP contribution in [0.3, 0.4) is 0 Å². The van der Waals surface area contributed by atoms with Crippen molar-refractivity contribution in [3.05, 3.63) is 28.2 Å². The summed E-state index contributed by atoms with van der Waals surface area (Å²) in [6.45, 7) is 3.20. The molecule has 0 aromatic heterocycles. The minimum absolute atomic E-state index is 0.561. The van der Waals surface area contributed by atoms with Crippen molar-refractivity contribution < 1.29 is 4.74 Å². The number of nitrogens with two attached hydrogens (primary N) is 1. The van der Waals surface area contributed by atoms with E-state index in [0.29, 0.717) is 13.2 Å². The van der Waals surface area contributed by atoms with E-state index in [1.54, 1.807) is 0 Å². The van der Waals surface area contributed by atoms with E-state index >= 15 is 0 Å². The zero-order valence-corrected chi connectivity index (χ0v) is 8.60. The second-order valence-electron chi connectivity index (χ2n) is 2.40. The Bertz CT molecular complexity index is 263. The summed E-state index contributed by atoms with van der Waals surface area (Å²) in [5.41, 5.74) is 6.58. The zero-order chi connectivity index (χ0) is 8.97. The van der Waals surface area contributed by atoms with Gasteiger partial charge in [0.25, 0.3) is 0 Å². The van der Waals surface area contributed by atoms with Crippen molar-refractivity contribution in [2.75, 3.05) is 6.61 Å². The van der Waals surface area contributed by atoms with Crippen LogP contribution in [0.2, 0.25) is 0 Å². The monoisotopic (exact) mass is 229 g/mol. The Hall–Kier alpha value is -0.540. The number of benzene rings is 1. The summed E-state index contributed by atoms with van der Waals surface area (Å²) in [5.74, 6) is 0.870. The zero-order valence-electron chi connectivity index (χ0n) is 7.01. The van der Waals surface area contributed by atoms with Crippen LogP contribution in [-0.4, -0.2) is 6.61 Å². The van der Waals surface area contributed by atoms with Gasteiger partial charge in [0.1, 0.15) is 5.75 Å². The molecule has 0 unspecified atom stereocenters. The molecule has 66 valence electrons. The number of hydrogen-bond donors (Lipinski definition) is 1. The molecule has 0 fully saturated rings. The second-order valence-corrected chi connectivity index (χ2v) is 3.26. The highest BCUT2D eigenvalue weighted by atomic mass is 79.9. The Morgan fingerprint density at radius 3 is 2.75 bits per heavy atom. The summed E-state index contributed by atoms with van der Waals surface area (Å²) in [6, 6.07) is 5.87. The van der Waals surface area contributed by atoms with E-state index in [4.69, 9.17) is 10.5 Å². The molecule has 12 heavy (non-hydrogen) atoms. The van der Waals surface area contributed by atoms with Crippen LogP contribution in [0.15, 0.2) is 22.7 Å². The van der Waals surface area contributed by atoms with Gasteiger partial charge in [-0.05, 0) is 40.5 Å². The molecule has 0 amide bonds. The van der Waals surface area contributed by atoms with Gasteiger partial charge >= 0.3 is 0 Å². The van der Waals surface area contributed by atoms with Gasteiger partial charge in [-0.3, -0.25) is 0 Å². The average Bonchev–Trinajstić information content (AvgIpc) is 2.09. The highest BCUT2D eigenvalue weighted by molar-refractivity contribution is 9.10. The molecule has 0 aliphatic carbocycles. The predicted octanol–water partition coefficient (Wildman–Crippen LogP) is 2.31. The third-order valence-electron chi connectivity index (χ3n) is 1.53. The first-order valence-electron chi connectivity index (χ1n) is 3.89. The molecule has 0 bridgehead atoms. The standard InChI is InChI=1S/C9H12BrNO/c1-2-12-9-4-3-7(6-11)5-8(9)10/h3-5H,2,6,11H2,1H3. The van der Waals surface area contributed by atoms with E-state index in [2.05, 4.69) is 15.9 Å². The maximum Gasteiger partial charge on any atom is 0.133 e. The number of hydrogen-bond acceptors (Lipinski definition) is 2. The molecule has 0 spiro atoms. The molecule has 0 aliphatic rings. The first-order chi connectivity index (χ1) is 5.77. The lowest BCUT2D eigenvalue weighted by Gasteiger charge is -2.06. The molecule has 0 heterocycles. The molecule has 1 rings (SSSR count). The van der Waals surface area contributed by atoms with Gasteiger partial charge in [0.05, 0.1) is 11.1 Å². The third kappa shape index (κ3) is 2.22. The van der Waals surface area contributed by atoms with E-state index in [9.17, 15) is 0 Å². The van der Waals surface area contributed by atoms with Crippen molar-refractivity contribution in [2.45, 2.75) is 13.5 Å². The van der Waals surface area contributed by atoms with E-state index in [0.717, 1.165) is 15.8 Å². The van der Waals surface area contributed by atoms with Crippen molar-refractivity contribution in [3.8, 4) is 5.75 Å². The lowest BCUT2D eigenvalue weighted by Crippen LogP contribution is -1.97. The molecule has 0 saturated heterocycles.